The van der Waals surface area contributed by atoms with Crippen molar-refractivity contribution >= 4 is 42.6 Å². The Labute approximate surface area is 280 Å². The van der Waals surface area contributed by atoms with Crippen molar-refractivity contribution in [2.45, 2.75) is 81.8 Å². The number of unbranched alkanes of at least 4 members (excludes halogenated alkanes) is 1. The molecule has 0 saturated carbocycles. The first-order valence-corrected chi connectivity index (χ1v) is 19.8. The second-order valence-electron chi connectivity index (χ2n) is 13.8. The third-order valence-electron chi connectivity index (χ3n) is 10.4. The summed E-state index contributed by atoms with van der Waals surface area (Å²) in [5.74, 6) is -1.31. The van der Waals surface area contributed by atoms with Crippen molar-refractivity contribution in [3.05, 3.63) is 64.6 Å². The van der Waals surface area contributed by atoms with Gasteiger partial charge in [0.2, 0.25) is 5.91 Å². The van der Waals surface area contributed by atoms with Gasteiger partial charge in [-0.05, 0) is 63.0 Å². The molecule has 2 fully saturated rings. The van der Waals surface area contributed by atoms with E-state index < -0.39 is 31.5 Å². The van der Waals surface area contributed by atoms with Crippen LogP contribution in [0.5, 0.6) is 0 Å². The van der Waals surface area contributed by atoms with Gasteiger partial charge in [-0.15, -0.1) is 0 Å². The molecular formula is C35H44N4O8Si. The highest BCUT2D eigenvalue weighted by Gasteiger charge is 2.66. The van der Waals surface area contributed by atoms with E-state index in [-0.39, 0.29) is 48.8 Å². The maximum Gasteiger partial charge on any atom is 0.305 e. The number of esters is 1. The molecule has 1 aromatic heterocycles. The molecular weight excluding hydrogens is 632 g/mol. The molecule has 48 heavy (non-hydrogen) atoms. The maximum atomic E-state index is 14.8. The van der Waals surface area contributed by atoms with Crippen LogP contribution in [0.15, 0.2) is 53.5 Å². The number of nitrogens with zero attached hydrogens (tertiary/aromatic N) is 4. The molecule has 4 heterocycles. The summed E-state index contributed by atoms with van der Waals surface area (Å²) in [5, 5.41) is 15.5. The number of carbonyl (C=O) groups is 3. The van der Waals surface area contributed by atoms with Crippen LogP contribution in [-0.2, 0) is 29.5 Å². The number of ether oxygens (including phenoxy) is 2. The number of carbonyl (C=O) groups excluding carboxylic acids is 3. The number of aromatic nitrogens is 2. The van der Waals surface area contributed by atoms with Gasteiger partial charge in [-0.1, -0.05) is 25.1 Å². The number of amides is 2. The Bertz CT molecular complexity index is 1790. The largest absolute Gasteiger partial charge is 0.469 e. The number of aliphatic hydroxyl groups excluding tert-OH is 1. The van der Waals surface area contributed by atoms with E-state index in [2.05, 4.69) is 5.10 Å². The predicted molar refractivity (Wildman–Crippen MR) is 181 cm³/mol. The lowest BCUT2D eigenvalue weighted by molar-refractivity contribution is -0.150. The fourth-order valence-corrected chi connectivity index (χ4v) is 10.7. The van der Waals surface area contributed by atoms with Gasteiger partial charge in [0.25, 0.3) is 11.5 Å². The summed E-state index contributed by atoms with van der Waals surface area (Å²) in [5.41, 5.74) is -0.679. The van der Waals surface area contributed by atoms with Gasteiger partial charge in [-0.25, -0.2) is 0 Å². The Hall–Kier alpha value is -3.91. The number of anilines is 1. The molecule has 0 aliphatic carbocycles. The molecule has 5 atom stereocenters. The topological polar surface area (TPSA) is 152 Å². The zero-order chi connectivity index (χ0) is 34.4. The minimum Gasteiger partial charge on any atom is -0.469 e. The molecule has 3 aliphatic heterocycles. The number of hydrogen-bond donors (Lipinski definition) is 2. The Morgan fingerprint density at radius 3 is 2.65 bits per heavy atom. The monoisotopic (exact) mass is 676 g/mol. The van der Waals surface area contributed by atoms with Crippen molar-refractivity contribution < 1.29 is 33.8 Å². The van der Waals surface area contributed by atoms with E-state index in [1.54, 1.807) is 59.4 Å². The Kier molecular flexibility index (Phi) is 9.33. The van der Waals surface area contributed by atoms with E-state index >= 15 is 0 Å². The lowest BCUT2D eigenvalue weighted by Crippen LogP contribution is -2.46. The molecule has 3 aliphatic rings. The van der Waals surface area contributed by atoms with E-state index in [4.69, 9.17) is 9.47 Å². The van der Waals surface area contributed by atoms with Crippen molar-refractivity contribution in [3.63, 3.8) is 0 Å². The van der Waals surface area contributed by atoms with Crippen LogP contribution in [0.4, 0.5) is 5.69 Å². The highest BCUT2D eigenvalue weighted by molar-refractivity contribution is 6.71. The molecule has 0 radical (unpaired) electrons. The Morgan fingerprint density at radius 2 is 1.92 bits per heavy atom. The number of rotatable bonds is 10. The summed E-state index contributed by atoms with van der Waals surface area (Å²) in [6, 6.07) is 12.3. The average Bonchev–Trinajstić information content (AvgIpc) is 3.73. The number of likely N-dealkylation sites (tertiary alicyclic amines) is 1. The summed E-state index contributed by atoms with van der Waals surface area (Å²) < 4.78 is 13.0. The van der Waals surface area contributed by atoms with Gasteiger partial charge < -0.3 is 29.2 Å². The molecule has 13 heteroatoms. The van der Waals surface area contributed by atoms with Crippen LogP contribution in [0.3, 0.4) is 0 Å². The SMILES string of the molecule is COC(=O)CCCCN1C(=O)[C@]2(O[C@H](CC(=O)N3CCC[C@H]3CO)[C@@H]([Si](C)(C)O)[C@@H]2C)c2cc(-n3ncc4ccccc4c3=O)ccc21. The van der Waals surface area contributed by atoms with Gasteiger partial charge in [0.05, 0.1) is 55.2 Å². The highest BCUT2D eigenvalue weighted by atomic mass is 28.4. The lowest BCUT2D eigenvalue weighted by atomic mass is 9.82. The molecule has 3 aromatic rings. The quantitative estimate of drug-likeness (QED) is 0.187. The standard InChI is InChI=1S/C35H44N4O8Si/c1-22-32(48(3,4)45)29(19-30(41)37-17-9-11-25(37)21-40)47-35(22)27-18-24(39-33(43)26-12-6-5-10-23(26)20-36-39)14-15-28(27)38(34(35)44)16-8-7-13-31(42)46-2/h5-6,10,12,14-15,18,20,22,25,29,32,40,45H,7-9,11,13,16-17,19,21H2,1-4H3/t22-,25-,29+,32-,35+/m0/s1. The average molecular weight is 677 g/mol. The van der Waals surface area contributed by atoms with Crippen molar-refractivity contribution in [2.24, 2.45) is 5.92 Å². The molecule has 256 valence electrons. The van der Waals surface area contributed by atoms with Crippen molar-refractivity contribution in [1.29, 1.82) is 0 Å². The third-order valence-corrected chi connectivity index (χ3v) is 12.9. The van der Waals surface area contributed by atoms with Crippen LogP contribution in [-0.4, -0.2) is 89.6 Å². The van der Waals surface area contributed by atoms with Crippen molar-refractivity contribution in [3.8, 4) is 5.69 Å². The Morgan fingerprint density at radius 1 is 1.15 bits per heavy atom. The molecule has 0 bridgehead atoms. The van der Waals surface area contributed by atoms with Crippen LogP contribution in [0, 0.1) is 5.92 Å². The number of fused-ring (bicyclic) bond motifs is 3. The van der Waals surface area contributed by atoms with Gasteiger partial charge in [-0.2, -0.15) is 9.78 Å². The number of hydrogen-bond acceptors (Lipinski definition) is 9. The highest BCUT2D eigenvalue weighted by Crippen LogP contribution is 2.60. The zero-order valence-electron chi connectivity index (χ0n) is 27.9. The summed E-state index contributed by atoms with van der Waals surface area (Å²) in [4.78, 5) is 68.8. The molecule has 2 saturated heterocycles. The van der Waals surface area contributed by atoms with Gasteiger partial charge in [0.15, 0.2) is 13.9 Å². The summed E-state index contributed by atoms with van der Waals surface area (Å²) in [6.45, 7) is 6.25. The summed E-state index contributed by atoms with van der Waals surface area (Å²) in [6.07, 6.45) is 3.64. The smallest absolute Gasteiger partial charge is 0.305 e. The predicted octanol–water partition coefficient (Wildman–Crippen LogP) is 3.25. The van der Waals surface area contributed by atoms with E-state index in [0.717, 1.165) is 12.8 Å². The van der Waals surface area contributed by atoms with Gasteiger partial charge in [-0.3, -0.25) is 19.2 Å². The van der Waals surface area contributed by atoms with Crippen LogP contribution in [0.2, 0.25) is 18.6 Å². The number of benzene rings is 2. The van der Waals surface area contributed by atoms with E-state index in [0.29, 0.717) is 53.6 Å². The normalized spacial score (nSPS) is 25.3. The maximum absolute atomic E-state index is 14.8. The lowest BCUT2D eigenvalue weighted by Gasteiger charge is -2.33. The molecule has 2 amide bonds. The molecule has 6 rings (SSSR count). The third kappa shape index (κ3) is 5.76. The second-order valence-corrected chi connectivity index (χ2v) is 17.7. The van der Waals surface area contributed by atoms with Gasteiger partial charge in [0, 0.05) is 41.9 Å². The minimum atomic E-state index is -3.05. The van der Waals surface area contributed by atoms with E-state index in [1.807, 2.05) is 19.1 Å². The van der Waals surface area contributed by atoms with Gasteiger partial charge >= 0.3 is 5.97 Å². The van der Waals surface area contributed by atoms with Crippen LogP contribution >= 0.6 is 0 Å². The fourth-order valence-electron chi connectivity index (χ4n) is 8.18. The number of aliphatic hydroxyl groups is 1. The molecule has 2 N–H and O–H groups in total. The van der Waals surface area contributed by atoms with Crippen LogP contribution in [0.1, 0.15) is 51.0 Å². The summed E-state index contributed by atoms with van der Waals surface area (Å²) >= 11 is 0. The van der Waals surface area contributed by atoms with Crippen LogP contribution < -0.4 is 10.5 Å². The molecule has 1 spiro atoms. The molecule has 2 aromatic carbocycles. The number of methoxy groups -OCH3 is 1. The minimum absolute atomic E-state index is 0.0304. The first kappa shape index (κ1) is 34.0. The first-order valence-electron chi connectivity index (χ1n) is 16.7. The van der Waals surface area contributed by atoms with Crippen molar-refractivity contribution in [2.75, 3.05) is 31.7 Å². The Balaban J connectivity index is 1.43. The zero-order valence-corrected chi connectivity index (χ0v) is 28.9. The van der Waals surface area contributed by atoms with E-state index in [9.17, 15) is 29.1 Å². The van der Waals surface area contributed by atoms with E-state index in [1.165, 1.54) is 11.8 Å². The van der Waals surface area contributed by atoms with Crippen molar-refractivity contribution in [1.82, 2.24) is 14.7 Å². The molecule has 0 unspecified atom stereocenters. The van der Waals surface area contributed by atoms with Gasteiger partial charge in [0.1, 0.15) is 0 Å². The fraction of sp³-hybridized carbons (Fsp3) is 0.514. The second kappa shape index (κ2) is 13.2. The molecule has 12 nitrogen and oxygen atoms in total. The summed E-state index contributed by atoms with van der Waals surface area (Å²) in [7, 11) is -1.71. The van der Waals surface area contributed by atoms with Crippen LogP contribution in [0.25, 0.3) is 16.5 Å². The first-order chi connectivity index (χ1) is 22.9.